The summed E-state index contributed by atoms with van der Waals surface area (Å²) in [6, 6.07) is 6.85. The summed E-state index contributed by atoms with van der Waals surface area (Å²) in [5, 5.41) is 30.0. The van der Waals surface area contributed by atoms with Crippen LogP contribution in [0, 0.1) is 23.7 Å². The first-order valence-electron chi connectivity index (χ1n) is 15.2. The molecule has 0 saturated heterocycles. The number of carboxylic acid groups (broad SMARTS) is 2. The third-order valence-electron chi connectivity index (χ3n) is 6.19. The van der Waals surface area contributed by atoms with E-state index in [1.54, 1.807) is 12.4 Å². The number of nitrogens with one attached hydrogen (secondary N) is 3. The fourth-order valence-corrected chi connectivity index (χ4v) is 4.25. The third-order valence-corrected chi connectivity index (χ3v) is 6.19. The van der Waals surface area contributed by atoms with E-state index in [1.165, 1.54) is 0 Å². The van der Waals surface area contributed by atoms with Gasteiger partial charge in [-0.15, -0.1) is 0 Å². The highest BCUT2D eigenvalue weighted by molar-refractivity contribution is 5.91. The number of likely N-dealkylation sites (N-methyl/N-ethyl adjacent to an activating group) is 1. The average Bonchev–Trinajstić information content (AvgIpc) is 2.92. The fraction of sp³-hybridized carbons (Fsp3) is 0.625. The zero-order valence-electron chi connectivity index (χ0n) is 28.8. The number of hydrogen-bond acceptors (Lipinski definition) is 8. The van der Waals surface area contributed by atoms with Crippen molar-refractivity contribution >= 4 is 35.5 Å². The summed E-state index contributed by atoms with van der Waals surface area (Å²) in [5.74, 6) is -3.55. The lowest BCUT2D eigenvalue weighted by atomic mass is 9.79. The van der Waals surface area contributed by atoms with Gasteiger partial charge in [0.1, 0.15) is 6.04 Å². The second-order valence-electron chi connectivity index (χ2n) is 12.1. The van der Waals surface area contributed by atoms with Crippen LogP contribution in [0.25, 0.3) is 0 Å². The molecule has 0 aliphatic rings. The molecule has 3 atom stereocenters. The van der Waals surface area contributed by atoms with Gasteiger partial charge in [-0.1, -0.05) is 52.0 Å². The molecule has 0 heterocycles. The fourth-order valence-electron chi connectivity index (χ4n) is 4.25. The molecule has 0 fully saturated rings. The van der Waals surface area contributed by atoms with E-state index in [0.717, 1.165) is 25.0 Å². The van der Waals surface area contributed by atoms with Crippen molar-refractivity contribution in [2.24, 2.45) is 34.4 Å². The molecule has 14 nitrogen and oxygen atoms in total. The molecule has 0 aliphatic heterocycles. The first-order valence-corrected chi connectivity index (χ1v) is 15.2. The lowest BCUT2D eigenvalue weighted by molar-refractivity contribution is -0.142. The molecular weight excluding hydrogens is 596 g/mol. The van der Waals surface area contributed by atoms with Gasteiger partial charge in [0.25, 0.3) is 11.9 Å². The molecule has 1 aromatic rings. The van der Waals surface area contributed by atoms with E-state index in [1.807, 2.05) is 71.0 Å². The van der Waals surface area contributed by atoms with E-state index < -0.39 is 35.7 Å². The maximum absolute atomic E-state index is 13.6. The van der Waals surface area contributed by atoms with E-state index >= 15 is 0 Å². The van der Waals surface area contributed by atoms with Gasteiger partial charge in [0, 0.05) is 39.3 Å². The van der Waals surface area contributed by atoms with Crippen LogP contribution >= 0.6 is 0 Å². The van der Waals surface area contributed by atoms with Crippen LogP contribution in [0.3, 0.4) is 0 Å². The van der Waals surface area contributed by atoms with E-state index in [9.17, 15) is 19.6 Å². The second-order valence-corrected chi connectivity index (χ2v) is 12.1. The Bertz CT molecular complexity index is 1080. The van der Waals surface area contributed by atoms with Crippen LogP contribution in [-0.2, 0) is 36.9 Å². The molecule has 262 valence electrons. The lowest BCUT2D eigenvalue weighted by Crippen LogP contribution is -2.52. The Morgan fingerprint density at radius 1 is 0.804 bits per heavy atom. The van der Waals surface area contributed by atoms with Crippen molar-refractivity contribution in [3.05, 3.63) is 35.4 Å². The Morgan fingerprint density at radius 3 is 1.63 bits per heavy atom. The quantitative estimate of drug-likeness (QED) is 0.0597. The average molecular weight is 653 g/mol. The van der Waals surface area contributed by atoms with Gasteiger partial charge in [-0.05, 0) is 56.8 Å². The zero-order valence-corrected chi connectivity index (χ0v) is 28.8. The van der Waals surface area contributed by atoms with Gasteiger partial charge in [0.15, 0.2) is 0 Å². The number of carboxylic acids is 2. The van der Waals surface area contributed by atoms with Crippen LogP contribution in [0.4, 0.5) is 0 Å². The minimum absolute atomic E-state index is 0.131. The van der Waals surface area contributed by atoms with Crippen LogP contribution in [0.2, 0.25) is 0 Å². The highest BCUT2D eigenvalue weighted by atomic mass is 16.5. The van der Waals surface area contributed by atoms with Crippen LogP contribution in [0.5, 0.6) is 0 Å². The molecule has 0 aliphatic carbocycles. The van der Waals surface area contributed by atoms with E-state index in [2.05, 4.69) is 15.6 Å². The Morgan fingerprint density at radius 2 is 1.24 bits per heavy atom. The molecule has 1 unspecified atom stereocenters. The highest BCUT2D eigenvalue weighted by Gasteiger charge is 2.36. The van der Waals surface area contributed by atoms with E-state index in [4.69, 9.17) is 25.5 Å². The molecule has 0 saturated carbocycles. The van der Waals surface area contributed by atoms with Crippen LogP contribution in [0.1, 0.15) is 72.4 Å². The van der Waals surface area contributed by atoms with Crippen molar-refractivity contribution in [2.75, 3.05) is 27.2 Å². The predicted molar refractivity (Wildman–Crippen MR) is 177 cm³/mol. The van der Waals surface area contributed by atoms with Crippen molar-refractivity contribution in [1.82, 2.24) is 21.0 Å². The minimum atomic E-state index is -0.833. The number of carbonyl (C=O) groups is 5. The number of carbonyl (C=O) groups excluding carboxylic acids is 3. The van der Waals surface area contributed by atoms with E-state index in [0.29, 0.717) is 38.3 Å². The van der Waals surface area contributed by atoms with Crippen molar-refractivity contribution in [2.45, 2.75) is 80.3 Å². The Balaban J connectivity index is 0. The second kappa shape index (κ2) is 24.2. The predicted octanol–water partition coefficient (Wildman–Crippen LogP) is 2.28. The number of aliphatic imine (C=N–C) groups is 1. The van der Waals surface area contributed by atoms with Crippen LogP contribution in [0.15, 0.2) is 29.3 Å². The SMILES string of the molecule is CC(=O)O.CC(=O)O.CC(N)=NCc1ccc(C[C@H](NC(=O)[C@H](CC(C)C)C(CC(C)C)C(=O)NO)C(=O)NCCN(C)C)cc1. The molecule has 14 heteroatoms. The molecule has 46 heavy (non-hydrogen) atoms. The van der Waals surface area contributed by atoms with Crippen molar-refractivity contribution in [1.29, 1.82) is 0 Å². The van der Waals surface area contributed by atoms with Gasteiger partial charge < -0.3 is 31.5 Å². The molecule has 0 aromatic heterocycles. The van der Waals surface area contributed by atoms with Crippen molar-refractivity contribution < 1.29 is 39.4 Å². The van der Waals surface area contributed by atoms with E-state index in [-0.39, 0.29) is 30.1 Å². The van der Waals surface area contributed by atoms with Crippen molar-refractivity contribution in [3.63, 3.8) is 0 Å². The number of hydrogen-bond donors (Lipinski definition) is 7. The Labute approximate surface area is 273 Å². The lowest BCUT2D eigenvalue weighted by Gasteiger charge is -2.29. The molecule has 3 amide bonds. The number of hydroxylamine groups is 1. The first kappa shape index (κ1) is 44.1. The topological polar surface area (TPSA) is 224 Å². The van der Waals surface area contributed by atoms with Crippen LogP contribution < -0.4 is 21.8 Å². The van der Waals surface area contributed by atoms with Gasteiger partial charge in [-0.2, -0.15) is 0 Å². The van der Waals surface area contributed by atoms with Crippen molar-refractivity contribution in [3.8, 4) is 0 Å². The number of nitrogens with two attached hydrogens (primary N) is 1. The number of aliphatic carboxylic acids is 2. The van der Waals surface area contributed by atoms with Gasteiger partial charge in [-0.25, -0.2) is 5.48 Å². The van der Waals surface area contributed by atoms with Gasteiger partial charge >= 0.3 is 0 Å². The van der Waals surface area contributed by atoms with Gasteiger partial charge in [-0.3, -0.25) is 34.2 Å². The summed E-state index contributed by atoms with van der Waals surface area (Å²) < 4.78 is 0. The number of nitrogens with zero attached hydrogens (tertiary/aromatic N) is 2. The summed E-state index contributed by atoms with van der Waals surface area (Å²) >= 11 is 0. The number of amidine groups is 1. The highest BCUT2D eigenvalue weighted by Crippen LogP contribution is 2.27. The van der Waals surface area contributed by atoms with Gasteiger partial charge in [0.05, 0.1) is 18.3 Å². The minimum Gasteiger partial charge on any atom is -0.481 e. The summed E-state index contributed by atoms with van der Waals surface area (Å²) in [4.78, 5) is 63.6. The first-order chi connectivity index (χ1) is 21.3. The Hall–Kier alpha value is -4.04. The summed E-state index contributed by atoms with van der Waals surface area (Å²) in [5.41, 5.74) is 9.23. The molecular formula is C32H56N6O8. The summed E-state index contributed by atoms with van der Waals surface area (Å²) in [6.45, 7) is 13.4. The maximum atomic E-state index is 13.6. The largest absolute Gasteiger partial charge is 0.481 e. The number of amides is 3. The zero-order chi connectivity index (χ0) is 36.0. The monoisotopic (exact) mass is 652 g/mol. The summed E-state index contributed by atoms with van der Waals surface area (Å²) in [6.07, 6.45) is 1.17. The molecule has 1 aromatic carbocycles. The molecule has 1 rings (SSSR count). The summed E-state index contributed by atoms with van der Waals surface area (Å²) in [7, 11) is 3.83. The maximum Gasteiger partial charge on any atom is 0.300 e. The standard InChI is InChI=1S/C28H48N6O4.2C2H4O2/c1-18(2)14-23(24(15-19(3)4)27(36)33-38)26(35)32-25(28(37)30-12-13-34(6)7)16-21-8-10-22(11-9-21)17-31-20(5)29;2*1-2(3)4/h8-11,18-19,23-25,38H,12-17H2,1-7H3,(H2,29,31)(H,30,37)(H,32,35)(H,33,36);2*1H3,(H,3,4)/t23-,24?,25+;;/m1../s1. The molecule has 0 spiro atoms. The molecule has 0 bridgehead atoms. The number of rotatable bonds is 16. The normalized spacial score (nSPS) is 12.9. The Kier molecular flexibility index (Phi) is 23.2. The molecule has 0 radical (unpaired) electrons. The van der Waals surface area contributed by atoms with Gasteiger partial charge in [0.2, 0.25) is 17.7 Å². The smallest absolute Gasteiger partial charge is 0.300 e. The molecule has 8 N–H and O–H groups in total. The number of benzene rings is 1. The van der Waals surface area contributed by atoms with Crippen LogP contribution in [-0.4, -0.2) is 89.0 Å². The third kappa shape index (κ3) is 23.4.